The first-order valence-electron chi connectivity index (χ1n) is 10.6. The van der Waals surface area contributed by atoms with Crippen LogP contribution in [0.25, 0.3) is 0 Å². The Morgan fingerprint density at radius 1 is 1.29 bits per heavy atom. The van der Waals surface area contributed by atoms with E-state index in [9.17, 15) is 5.11 Å². The summed E-state index contributed by atoms with van der Waals surface area (Å²) < 4.78 is 13.2. The van der Waals surface area contributed by atoms with Gasteiger partial charge >= 0.3 is 0 Å². The molecule has 0 radical (unpaired) electrons. The Balaban J connectivity index is 2.26. The molecule has 1 heterocycles. The summed E-state index contributed by atoms with van der Waals surface area (Å²) in [5, 5.41) is 9.36. The highest BCUT2D eigenvalue weighted by molar-refractivity contribution is 6.74. The smallest absolute Gasteiger partial charge is 0.250 e. The van der Waals surface area contributed by atoms with Crippen LogP contribution < -0.4 is 9.16 Å². The van der Waals surface area contributed by atoms with Crippen LogP contribution in [-0.4, -0.2) is 25.6 Å². The van der Waals surface area contributed by atoms with Crippen molar-refractivity contribution >= 4 is 8.32 Å². The van der Waals surface area contributed by atoms with Crippen molar-refractivity contribution in [3.8, 4) is 11.5 Å². The molecule has 0 aromatic heterocycles. The monoisotopic (exact) mass is 404 g/mol. The fourth-order valence-electron chi connectivity index (χ4n) is 3.35. The van der Waals surface area contributed by atoms with Gasteiger partial charge in [-0.05, 0) is 94.3 Å². The second-order valence-electron chi connectivity index (χ2n) is 10.3. The average molecular weight is 405 g/mol. The zero-order valence-electron chi connectivity index (χ0n) is 19.5. The Labute approximate surface area is 173 Å². The Bertz CT molecular complexity index is 743. The lowest BCUT2D eigenvalue weighted by atomic mass is 9.87. The predicted octanol–water partition coefficient (Wildman–Crippen LogP) is 6.49. The summed E-state index contributed by atoms with van der Waals surface area (Å²) in [6.45, 7) is 20.1. The van der Waals surface area contributed by atoms with Gasteiger partial charge in [-0.1, -0.05) is 32.4 Å². The molecule has 1 N–H and O–H groups in total. The molecular formula is C24H40O3Si. The van der Waals surface area contributed by atoms with Crippen molar-refractivity contribution in [2.24, 2.45) is 0 Å². The minimum atomic E-state index is -1.87. The highest BCUT2D eigenvalue weighted by atomic mass is 28.4. The Hall–Kier alpha value is -1.26. The van der Waals surface area contributed by atoms with Crippen molar-refractivity contribution in [3.05, 3.63) is 34.4 Å². The van der Waals surface area contributed by atoms with E-state index in [1.807, 2.05) is 6.92 Å². The molecule has 0 aliphatic carbocycles. The number of benzene rings is 1. The van der Waals surface area contributed by atoms with Gasteiger partial charge in [0.1, 0.15) is 17.1 Å². The molecule has 1 aromatic rings. The first kappa shape index (κ1) is 23.0. The molecule has 0 bridgehead atoms. The highest BCUT2D eigenvalue weighted by Crippen LogP contribution is 2.44. The van der Waals surface area contributed by atoms with Gasteiger partial charge in [-0.15, -0.1) is 0 Å². The number of ether oxygens (including phenoxy) is 1. The summed E-state index contributed by atoms with van der Waals surface area (Å²) >= 11 is 0. The number of fused-ring (bicyclic) bond motifs is 1. The molecule has 158 valence electrons. The van der Waals surface area contributed by atoms with Crippen molar-refractivity contribution in [1.29, 1.82) is 0 Å². The molecule has 0 amide bonds. The first-order chi connectivity index (χ1) is 12.8. The molecular weight excluding hydrogens is 364 g/mol. The summed E-state index contributed by atoms with van der Waals surface area (Å²) in [6, 6.07) is 2.23. The summed E-state index contributed by atoms with van der Waals surface area (Å²) in [5.74, 6) is 2.09. The highest BCUT2D eigenvalue weighted by Gasteiger charge is 2.40. The molecule has 28 heavy (non-hydrogen) atoms. The van der Waals surface area contributed by atoms with Gasteiger partial charge in [-0.3, -0.25) is 0 Å². The van der Waals surface area contributed by atoms with Crippen LogP contribution in [0.4, 0.5) is 0 Å². The van der Waals surface area contributed by atoms with Crippen LogP contribution in [-0.2, 0) is 6.42 Å². The molecule has 2 rings (SSSR count). The molecule has 0 spiro atoms. The normalized spacial score (nSPS) is 20.6. The third-order valence-electron chi connectivity index (χ3n) is 6.73. The third-order valence-corrected chi connectivity index (χ3v) is 11.1. The van der Waals surface area contributed by atoms with E-state index in [2.05, 4.69) is 66.8 Å². The predicted molar refractivity (Wildman–Crippen MR) is 121 cm³/mol. The van der Waals surface area contributed by atoms with Crippen molar-refractivity contribution in [2.75, 3.05) is 6.61 Å². The lowest BCUT2D eigenvalue weighted by Gasteiger charge is -2.39. The zero-order valence-corrected chi connectivity index (χ0v) is 20.5. The Morgan fingerprint density at radius 2 is 1.93 bits per heavy atom. The van der Waals surface area contributed by atoms with Gasteiger partial charge in [-0.2, -0.15) is 0 Å². The van der Waals surface area contributed by atoms with Crippen LogP contribution in [0.15, 0.2) is 17.7 Å². The number of allylic oxidation sites excluding steroid dienone is 1. The van der Waals surface area contributed by atoms with Gasteiger partial charge in [0, 0.05) is 0 Å². The van der Waals surface area contributed by atoms with E-state index < -0.39 is 8.32 Å². The molecule has 0 saturated carbocycles. The molecule has 3 nitrogen and oxygen atoms in total. The lowest BCUT2D eigenvalue weighted by molar-refractivity contribution is 0.0561. The van der Waals surface area contributed by atoms with E-state index in [4.69, 9.17) is 9.16 Å². The molecule has 1 atom stereocenters. The van der Waals surface area contributed by atoms with E-state index >= 15 is 0 Å². The van der Waals surface area contributed by atoms with Gasteiger partial charge < -0.3 is 14.3 Å². The second kappa shape index (κ2) is 8.23. The zero-order chi connectivity index (χ0) is 21.3. The molecule has 1 aliphatic rings. The molecule has 1 unspecified atom stereocenters. The number of aliphatic hydroxyl groups is 1. The number of hydrogen-bond acceptors (Lipinski definition) is 3. The minimum Gasteiger partial charge on any atom is -0.543 e. The molecule has 1 aliphatic heterocycles. The quantitative estimate of drug-likeness (QED) is 0.435. The summed E-state index contributed by atoms with van der Waals surface area (Å²) in [7, 11) is -1.87. The van der Waals surface area contributed by atoms with Gasteiger partial charge in [0.15, 0.2) is 0 Å². The van der Waals surface area contributed by atoms with Crippen molar-refractivity contribution in [1.82, 2.24) is 0 Å². The van der Waals surface area contributed by atoms with Crippen LogP contribution >= 0.6 is 0 Å². The van der Waals surface area contributed by atoms with Gasteiger partial charge in [0.05, 0.1) is 6.61 Å². The Kier molecular flexibility index (Phi) is 6.77. The SMILES string of the molecule is CC(=CCCC1(C)CCc2cc(O[Si](C)(C)C(C)(C)C)c(C)c(C)c2O1)CO. The number of aliphatic hydroxyl groups excluding tert-OH is 1. The largest absolute Gasteiger partial charge is 0.543 e. The van der Waals surface area contributed by atoms with Crippen molar-refractivity contribution in [2.45, 2.75) is 97.9 Å². The van der Waals surface area contributed by atoms with E-state index in [1.54, 1.807) is 0 Å². The van der Waals surface area contributed by atoms with E-state index in [0.717, 1.165) is 42.8 Å². The fourth-order valence-corrected chi connectivity index (χ4v) is 4.42. The van der Waals surface area contributed by atoms with E-state index in [0.29, 0.717) is 0 Å². The average Bonchev–Trinajstić information content (AvgIpc) is 2.59. The molecule has 0 fully saturated rings. The van der Waals surface area contributed by atoms with Gasteiger partial charge in [0.25, 0.3) is 0 Å². The number of rotatable bonds is 6. The molecule has 0 saturated heterocycles. The number of aryl methyl sites for hydroxylation is 1. The summed E-state index contributed by atoms with van der Waals surface area (Å²) in [4.78, 5) is 0. The van der Waals surface area contributed by atoms with Crippen molar-refractivity contribution < 1.29 is 14.3 Å². The van der Waals surface area contributed by atoms with Gasteiger partial charge in [-0.25, -0.2) is 0 Å². The van der Waals surface area contributed by atoms with Crippen LogP contribution in [0.1, 0.15) is 70.6 Å². The molecule has 4 heteroatoms. The van der Waals surface area contributed by atoms with Crippen LogP contribution in [0.5, 0.6) is 11.5 Å². The maximum absolute atomic E-state index is 9.18. The lowest BCUT2D eigenvalue weighted by Crippen LogP contribution is -2.44. The maximum atomic E-state index is 9.18. The summed E-state index contributed by atoms with van der Waals surface area (Å²) in [5.41, 5.74) is 4.55. The topological polar surface area (TPSA) is 38.7 Å². The van der Waals surface area contributed by atoms with E-state index in [-0.39, 0.29) is 17.2 Å². The first-order valence-corrected chi connectivity index (χ1v) is 13.5. The summed E-state index contributed by atoms with van der Waals surface area (Å²) in [6.07, 6.45) is 6.04. The third kappa shape index (κ3) is 5.01. The number of hydrogen-bond donors (Lipinski definition) is 1. The van der Waals surface area contributed by atoms with Crippen LogP contribution in [0.2, 0.25) is 18.1 Å². The fraction of sp³-hybridized carbons (Fsp3) is 0.667. The minimum absolute atomic E-state index is 0.135. The van der Waals surface area contributed by atoms with E-state index in [1.165, 1.54) is 16.7 Å². The van der Waals surface area contributed by atoms with Crippen molar-refractivity contribution in [3.63, 3.8) is 0 Å². The maximum Gasteiger partial charge on any atom is 0.250 e. The standard InChI is InChI=1S/C24H40O3Si/c1-17(16-25)11-10-13-24(7)14-12-20-15-21(18(2)19(3)22(20)26-24)27-28(8,9)23(4,5)6/h11,15,25H,10,12-14,16H2,1-9H3. The Morgan fingerprint density at radius 3 is 2.50 bits per heavy atom. The second-order valence-corrected chi connectivity index (χ2v) is 15.0. The molecule has 1 aromatic carbocycles. The van der Waals surface area contributed by atoms with Crippen LogP contribution in [0.3, 0.4) is 0 Å². The van der Waals surface area contributed by atoms with Gasteiger partial charge in [0.2, 0.25) is 8.32 Å². The van der Waals surface area contributed by atoms with Crippen LogP contribution in [0, 0.1) is 13.8 Å².